The van der Waals surface area contributed by atoms with Gasteiger partial charge in [0.15, 0.2) is 0 Å². The number of nitrogens with two attached hydrogens (primary N) is 1. The molecule has 2 heterocycles. The molecule has 4 unspecified atom stereocenters. The van der Waals surface area contributed by atoms with Crippen molar-refractivity contribution < 1.29 is 14.4 Å². The lowest BCUT2D eigenvalue weighted by Gasteiger charge is -2.42. The molecule has 2 fully saturated rings. The normalized spacial score (nSPS) is 28.2. The van der Waals surface area contributed by atoms with Crippen molar-refractivity contribution in [2.24, 2.45) is 5.73 Å². The van der Waals surface area contributed by atoms with Gasteiger partial charge in [0, 0.05) is 4.75 Å². The molecule has 0 bridgehead atoms. The van der Waals surface area contributed by atoms with Gasteiger partial charge in [-0.15, -0.1) is 11.8 Å². The van der Waals surface area contributed by atoms with Crippen LogP contribution in [-0.2, 0) is 20.8 Å². The summed E-state index contributed by atoms with van der Waals surface area (Å²) in [5, 5.41) is 2.72. The summed E-state index contributed by atoms with van der Waals surface area (Å²) < 4.78 is -0.535. The van der Waals surface area contributed by atoms with Gasteiger partial charge in [-0.1, -0.05) is 30.3 Å². The molecule has 134 valence electrons. The molecule has 4 atom stereocenters. The van der Waals surface area contributed by atoms with E-state index in [4.69, 9.17) is 5.73 Å². The van der Waals surface area contributed by atoms with E-state index in [1.54, 1.807) is 7.05 Å². The molecule has 0 radical (unpaired) electrons. The summed E-state index contributed by atoms with van der Waals surface area (Å²) in [7, 11) is 1.67. The summed E-state index contributed by atoms with van der Waals surface area (Å²) in [6.07, 6.45) is 0.430. The van der Waals surface area contributed by atoms with Gasteiger partial charge < -0.3 is 16.0 Å². The maximum Gasteiger partial charge on any atom is 0.244 e. The van der Waals surface area contributed by atoms with Crippen LogP contribution in [0.4, 0.5) is 0 Å². The molecule has 1 aromatic rings. The molecular weight excluding hydrogens is 338 g/mol. The van der Waals surface area contributed by atoms with E-state index in [9.17, 15) is 14.4 Å². The first-order chi connectivity index (χ1) is 11.8. The lowest BCUT2D eigenvalue weighted by molar-refractivity contribution is -0.154. The van der Waals surface area contributed by atoms with Crippen molar-refractivity contribution in [2.45, 2.75) is 48.5 Å². The first-order valence-electron chi connectivity index (χ1n) is 8.32. The lowest BCUT2D eigenvalue weighted by Crippen LogP contribution is -2.69. The van der Waals surface area contributed by atoms with Gasteiger partial charge in [-0.25, -0.2) is 0 Å². The Morgan fingerprint density at radius 3 is 2.56 bits per heavy atom. The van der Waals surface area contributed by atoms with Crippen molar-refractivity contribution in [2.75, 3.05) is 7.05 Å². The van der Waals surface area contributed by atoms with E-state index < -0.39 is 34.4 Å². The van der Waals surface area contributed by atoms with Crippen LogP contribution < -0.4 is 11.1 Å². The van der Waals surface area contributed by atoms with Crippen LogP contribution in [0, 0.1) is 0 Å². The summed E-state index contributed by atoms with van der Waals surface area (Å²) in [4.78, 5) is 39.4. The minimum Gasteiger partial charge on any atom is -0.317 e. The standard InChI is InChI=1S/C18H23N3O3S/c1-18(2)15(21-16(24)12(19)17(21)25-18)14(23)13(22)11(20-3)9-10-7-5-4-6-8-10/h4-8,11-12,15,17,20H,9,19H2,1-3H3. The fourth-order valence-corrected chi connectivity index (χ4v) is 5.12. The number of nitrogens with zero attached hydrogens (tertiary/aromatic N) is 1. The Labute approximate surface area is 151 Å². The molecule has 3 N–H and O–H groups in total. The molecular formula is C18H23N3O3S. The molecule has 2 aliphatic rings. The maximum atomic E-state index is 13.0. The highest BCUT2D eigenvalue weighted by Gasteiger charge is 2.63. The fraction of sp³-hybridized carbons (Fsp3) is 0.500. The average molecular weight is 361 g/mol. The SMILES string of the molecule is CNC(Cc1ccccc1)C(=O)C(=O)C1N2C(=O)C(N)C2SC1(C)C. The number of ketones is 2. The Bertz CT molecular complexity index is 707. The monoisotopic (exact) mass is 361 g/mol. The Morgan fingerprint density at radius 1 is 1.32 bits per heavy atom. The number of fused-ring (bicyclic) bond motifs is 1. The summed E-state index contributed by atoms with van der Waals surface area (Å²) >= 11 is 1.49. The van der Waals surface area contributed by atoms with Crippen LogP contribution in [-0.4, -0.2) is 57.7 Å². The second-order valence-corrected chi connectivity index (χ2v) is 8.82. The molecule has 2 aliphatic heterocycles. The van der Waals surface area contributed by atoms with Crippen molar-refractivity contribution in [3.8, 4) is 0 Å². The van der Waals surface area contributed by atoms with Crippen LogP contribution in [0.3, 0.4) is 0 Å². The molecule has 0 aliphatic carbocycles. The minimum absolute atomic E-state index is 0.216. The molecule has 1 amide bonds. The second-order valence-electron chi connectivity index (χ2n) is 7.05. The number of thioether (sulfide) groups is 1. The molecule has 2 saturated heterocycles. The highest BCUT2D eigenvalue weighted by molar-refractivity contribution is 8.01. The Kier molecular flexibility index (Phi) is 4.74. The van der Waals surface area contributed by atoms with Crippen molar-refractivity contribution in [3.63, 3.8) is 0 Å². The second kappa shape index (κ2) is 6.55. The quantitative estimate of drug-likeness (QED) is 0.561. The van der Waals surface area contributed by atoms with E-state index in [-0.39, 0.29) is 11.3 Å². The van der Waals surface area contributed by atoms with Crippen LogP contribution in [0.2, 0.25) is 0 Å². The highest BCUT2D eigenvalue weighted by Crippen LogP contribution is 2.50. The zero-order valence-electron chi connectivity index (χ0n) is 14.6. The van der Waals surface area contributed by atoms with Crippen LogP contribution in [0.1, 0.15) is 19.4 Å². The number of carbonyl (C=O) groups excluding carboxylic acids is 3. The fourth-order valence-electron chi connectivity index (χ4n) is 3.55. The molecule has 7 heteroatoms. The number of likely N-dealkylation sites (N-methyl/N-ethyl adjacent to an activating group) is 1. The van der Waals surface area contributed by atoms with Gasteiger partial charge in [-0.05, 0) is 32.9 Å². The van der Waals surface area contributed by atoms with E-state index in [2.05, 4.69) is 5.32 Å². The predicted octanol–water partition coefficient (Wildman–Crippen LogP) is 0.345. The largest absolute Gasteiger partial charge is 0.317 e. The first-order valence-corrected chi connectivity index (χ1v) is 9.20. The summed E-state index contributed by atoms with van der Waals surface area (Å²) in [6.45, 7) is 3.77. The summed E-state index contributed by atoms with van der Waals surface area (Å²) in [6, 6.07) is 7.60. The van der Waals surface area contributed by atoms with E-state index >= 15 is 0 Å². The van der Waals surface area contributed by atoms with Gasteiger partial charge in [0.1, 0.15) is 17.5 Å². The number of hydrogen-bond donors (Lipinski definition) is 2. The van der Waals surface area contributed by atoms with Gasteiger partial charge in [0.25, 0.3) is 0 Å². The van der Waals surface area contributed by atoms with Crippen molar-refractivity contribution >= 4 is 29.2 Å². The van der Waals surface area contributed by atoms with Crippen LogP contribution in [0.5, 0.6) is 0 Å². The zero-order valence-corrected chi connectivity index (χ0v) is 15.4. The molecule has 6 nitrogen and oxygen atoms in total. The molecule has 3 rings (SSSR count). The molecule has 1 aromatic carbocycles. The van der Waals surface area contributed by atoms with Gasteiger partial charge in [-0.3, -0.25) is 14.4 Å². The van der Waals surface area contributed by atoms with Crippen LogP contribution in [0.15, 0.2) is 30.3 Å². The third-order valence-electron chi connectivity index (χ3n) is 4.92. The number of Topliss-reactive ketones (excluding diaryl/α,β-unsaturated/α-hetero) is 2. The Hall–Kier alpha value is -1.70. The number of rotatable bonds is 6. The van der Waals surface area contributed by atoms with Crippen molar-refractivity contribution in [1.29, 1.82) is 0 Å². The van der Waals surface area contributed by atoms with Crippen LogP contribution in [0.25, 0.3) is 0 Å². The Balaban J connectivity index is 1.79. The maximum absolute atomic E-state index is 13.0. The molecule has 0 spiro atoms. The van der Waals surface area contributed by atoms with Gasteiger partial charge in [0.2, 0.25) is 17.5 Å². The van der Waals surface area contributed by atoms with Crippen molar-refractivity contribution in [1.82, 2.24) is 10.2 Å². The van der Waals surface area contributed by atoms with E-state index in [0.29, 0.717) is 6.42 Å². The van der Waals surface area contributed by atoms with Gasteiger partial charge >= 0.3 is 0 Å². The van der Waals surface area contributed by atoms with E-state index in [0.717, 1.165) is 5.56 Å². The average Bonchev–Trinajstić information content (AvgIpc) is 2.87. The lowest BCUT2D eigenvalue weighted by atomic mass is 9.88. The number of nitrogens with one attached hydrogen (secondary N) is 1. The topological polar surface area (TPSA) is 92.5 Å². The summed E-state index contributed by atoms with van der Waals surface area (Å²) in [5.74, 6) is -1.26. The number of amides is 1. The van der Waals surface area contributed by atoms with Crippen LogP contribution >= 0.6 is 11.8 Å². The van der Waals surface area contributed by atoms with Gasteiger partial charge in [0.05, 0.1) is 6.04 Å². The minimum atomic E-state index is -0.756. The van der Waals surface area contributed by atoms with Crippen molar-refractivity contribution in [3.05, 3.63) is 35.9 Å². The molecule has 25 heavy (non-hydrogen) atoms. The number of hydrogen-bond acceptors (Lipinski definition) is 6. The Morgan fingerprint density at radius 2 is 1.96 bits per heavy atom. The molecule has 0 aromatic heterocycles. The third kappa shape index (κ3) is 3.01. The summed E-state index contributed by atoms with van der Waals surface area (Å²) in [5.41, 5.74) is 6.81. The number of carbonyl (C=O) groups is 3. The highest BCUT2D eigenvalue weighted by atomic mass is 32.2. The smallest absolute Gasteiger partial charge is 0.244 e. The zero-order chi connectivity index (χ0) is 18.4. The predicted molar refractivity (Wildman–Crippen MR) is 97.1 cm³/mol. The van der Waals surface area contributed by atoms with E-state index in [1.165, 1.54) is 16.7 Å². The third-order valence-corrected chi connectivity index (χ3v) is 6.51. The molecule has 0 saturated carbocycles. The number of benzene rings is 1. The first kappa shape index (κ1) is 18.1. The number of β-lactam (4-membered cyclic amide) rings is 1. The van der Waals surface area contributed by atoms with Gasteiger partial charge in [-0.2, -0.15) is 0 Å². The van der Waals surface area contributed by atoms with E-state index in [1.807, 2.05) is 44.2 Å².